The van der Waals surface area contributed by atoms with Crippen molar-refractivity contribution in [3.05, 3.63) is 17.3 Å². The minimum Gasteiger partial charge on any atom is -0.444 e. The molecule has 94 valence electrons. The third kappa shape index (κ3) is 3.15. The minimum absolute atomic E-state index is 0.421. The summed E-state index contributed by atoms with van der Waals surface area (Å²) in [6.07, 6.45) is 0. The molecule has 1 saturated heterocycles. The summed E-state index contributed by atoms with van der Waals surface area (Å²) in [5.74, 6) is 4.32. The molecule has 17 heavy (non-hydrogen) atoms. The summed E-state index contributed by atoms with van der Waals surface area (Å²) in [4.78, 5) is 10.7. The van der Waals surface area contributed by atoms with E-state index in [1.54, 1.807) is 0 Å². The molecule has 2 heterocycles. The van der Waals surface area contributed by atoms with Crippen molar-refractivity contribution >= 4 is 17.7 Å². The van der Waals surface area contributed by atoms with Crippen molar-refractivity contribution < 1.29 is 4.42 Å². The lowest BCUT2D eigenvalue weighted by molar-refractivity contribution is 0.447. The lowest BCUT2D eigenvalue weighted by Crippen LogP contribution is -2.42. The van der Waals surface area contributed by atoms with Crippen LogP contribution in [0.5, 0.6) is 0 Å². The summed E-state index contributed by atoms with van der Waals surface area (Å²) in [6.45, 7) is 6.20. The summed E-state index contributed by atoms with van der Waals surface area (Å²) in [5.41, 5.74) is 6.86. The predicted molar refractivity (Wildman–Crippen MR) is 70.2 cm³/mol. The van der Waals surface area contributed by atoms with Crippen molar-refractivity contribution in [2.24, 2.45) is 10.7 Å². The Labute approximate surface area is 105 Å². The second-order valence-electron chi connectivity index (χ2n) is 4.02. The average Bonchev–Trinajstić information content (AvgIpc) is 2.67. The first-order chi connectivity index (χ1) is 8.16. The van der Waals surface area contributed by atoms with Gasteiger partial charge in [-0.05, 0) is 13.8 Å². The Morgan fingerprint density at radius 2 is 2.18 bits per heavy atom. The largest absolute Gasteiger partial charge is 0.444 e. The van der Waals surface area contributed by atoms with Crippen LogP contribution in [-0.4, -0.2) is 40.4 Å². The zero-order valence-corrected chi connectivity index (χ0v) is 11.1. The summed E-state index contributed by atoms with van der Waals surface area (Å²) in [6, 6.07) is 0. The molecule has 1 aliphatic rings. The Morgan fingerprint density at radius 1 is 1.47 bits per heavy atom. The van der Waals surface area contributed by atoms with E-state index >= 15 is 0 Å². The van der Waals surface area contributed by atoms with Gasteiger partial charge in [-0.3, -0.25) is 0 Å². The zero-order valence-electron chi connectivity index (χ0n) is 10.3. The van der Waals surface area contributed by atoms with Crippen molar-refractivity contribution in [1.82, 2.24) is 9.88 Å². The van der Waals surface area contributed by atoms with Gasteiger partial charge in [0, 0.05) is 24.6 Å². The van der Waals surface area contributed by atoms with Crippen LogP contribution in [0.2, 0.25) is 0 Å². The number of aliphatic imine (C=N–C) groups is 1. The number of guanidine groups is 1. The maximum Gasteiger partial charge on any atom is 0.216 e. The van der Waals surface area contributed by atoms with E-state index in [1.165, 1.54) is 0 Å². The molecule has 0 saturated carbocycles. The van der Waals surface area contributed by atoms with Gasteiger partial charge in [-0.25, -0.2) is 9.98 Å². The van der Waals surface area contributed by atoms with Crippen LogP contribution in [0.4, 0.5) is 0 Å². The highest BCUT2D eigenvalue weighted by atomic mass is 32.2. The van der Waals surface area contributed by atoms with Gasteiger partial charge in [0.15, 0.2) is 5.96 Å². The standard InChI is InChI=1S/C11H18N4OS/c1-8-9(2)16-10(14-8)7-13-11(12)15-3-5-17-6-4-15/h3-7H2,1-2H3,(H2,12,13). The van der Waals surface area contributed by atoms with Crippen LogP contribution in [0.3, 0.4) is 0 Å². The van der Waals surface area contributed by atoms with Gasteiger partial charge in [0.1, 0.15) is 12.3 Å². The number of rotatable bonds is 2. The van der Waals surface area contributed by atoms with E-state index in [0.717, 1.165) is 36.0 Å². The average molecular weight is 254 g/mol. The number of nitrogens with zero attached hydrogens (tertiary/aromatic N) is 3. The van der Waals surface area contributed by atoms with Crippen LogP contribution in [0.25, 0.3) is 0 Å². The first-order valence-corrected chi connectivity index (χ1v) is 6.88. The molecular weight excluding hydrogens is 236 g/mol. The Balaban J connectivity index is 1.94. The second-order valence-corrected chi connectivity index (χ2v) is 5.25. The van der Waals surface area contributed by atoms with Crippen LogP contribution < -0.4 is 5.73 Å². The van der Waals surface area contributed by atoms with Crippen LogP contribution in [-0.2, 0) is 6.54 Å². The van der Waals surface area contributed by atoms with Gasteiger partial charge < -0.3 is 15.1 Å². The summed E-state index contributed by atoms with van der Waals surface area (Å²) in [7, 11) is 0. The van der Waals surface area contributed by atoms with Gasteiger partial charge in [0.05, 0.1) is 5.69 Å². The maximum atomic E-state index is 5.94. The summed E-state index contributed by atoms with van der Waals surface area (Å²) in [5, 5.41) is 0. The van der Waals surface area contributed by atoms with E-state index < -0.39 is 0 Å². The van der Waals surface area contributed by atoms with Crippen molar-refractivity contribution in [3.8, 4) is 0 Å². The van der Waals surface area contributed by atoms with E-state index in [0.29, 0.717) is 18.4 Å². The first kappa shape index (κ1) is 12.3. The Bertz CT molecular complexity index is 390. The molecule has 0 bridgehead atoms. The fourth-order valence-corrected chi connectivity index (χ4v) is 2.55. The highest BCUT2D eigenvalue weighted by Crippen LogP contribution is 2.11. The van der Waals surface area contributed by atoms with Crippen LogP contribution in [0.1, 0.15) is 17.3 Å². The smallest absolute Gasteiger partial charge is 0.216 e. The molecule has 0 unspecified atom stereocenters. The van der Waals surface area contributed by atoms with Gasteiger partial charge in [-0.2, -0.15) is 11.8 Å². The lowest BCUT2D eigenvalue weighted by atomic mass is 10.4. The fourth-order valence-electron chi connectivity index (χ4n) is 1.65. The van der Waals surface area contributed by atoms with Gasteiger partial charge in [-0.1, -0.05) is 0 Å². The third-order valence-corrected chi connectivity index (χ3v) is 3.73. The molecule has 5 nitrogen and oxygen atoms in total. The number of aromatic nitrogens is 1. The molecule has 0 spiro atoms. The zero-order chi connectivity index (χ0) is 12.3. The molecule has 0 atom stereocenters. The first-order valence-electron chi connectivity index (χ1n) is 5.72. The number of oxazole rings is 1. The lowest BCUT2D eigenvalue weighted by Gasteiger charge is -2.27. The third-order valence-electron chi connectivity index (χ3n) is 2.78. The number of nitrogens with two attached hydrogens (primary N) is 1. The molecule has 2 rings (SSSR count). The highest BCUT2D eigenvalue weighted by molar-refractivity contribution is 7.99. The van der Waals surface area contributed by atoms with Gasteiger partial charge in [0.2, 0.25) is 5.89 Å². The normalized spacial score (nSPS) is 17.5. The van der Waals surface area contributed by atoms with Crippen molar-refractivity contribution in [3.63, 3.8) is 0 Å². The molecule has 1 aromatic heterocycles. The van der Waals surface area contributed by atoms with E-state index in [2.05, 4.69) is 14.9 Å². The number of aryl methyl sites for hydroxylation is 2. The minimum atomic E-state index is 0.421. The van der Waals surface area contributed by atoms with Crippen molar-refractivity contribution in [1.29, 1.82) is 0 Å². The Morgan fingerprint density at radius 3 is 2.76 bits per heavy atom. The van der Waals surface area contributed by atoms with Gasteiger partial charge in [-0.15, -0.1) is 0 Å². The molecule has 1 fully saturated rings. The molecule has 2 N–H and O–H groups in total. The number of hydrogen-bond donors (Lipinski definition) is 1. The Hall–Kier alpha value is -1.17. The van der Waals surface area contributed by atoms with Gasteiger partial charge in [0.25, 0.3) is 0 Å². The van der Waals surface area contributed by atoms with Gasteiger partial charge >= 0.3 is 0 Å². The molecule has 6 heteroatoms. The second kappa shape index (κ2) is 5.44. The monoisotopic (exact) mass is 254 g/mol. The van der Waals surface area contributed by atoms with E-state index in [9.17, 15) is 0 Å². The predicted octanol–water partition coefficient (Wildman–Crippen LogP) is 1.15. The van der Waals surface area contributed by atoms with Crippen molar-refractivity contribution in [2.45, 2.75) is 20.4 Å². The highest BCUT2D eigenvalue weighted by Gasteiger charge is 2.12. The molecule has 1 aromatic rings. The van der Waals surface area contributed by atoms with Crippen LogP contribution in [0.15, 0.2) is 9.41 Å². The maximum absolute atomic E-state index is 5.94. The van der Waals surface area contributed by atoms with E-state index in [4.69, 9.17) is 10.2 Å². The molecule has 1 aliphatic heterocycles. The SMILES string of the molecule is Cc1nc(CN=C(N)N2CCSCC2)oc1C. The van der Waals surface area contributed by atoms with Crippen molar-refractivity contribution in [2.75, 3.05) is 24.6 Å². The fraction of sp³-hybridized carbons (Fsp3) is 0.636. The van der Waals surface area contributed by atoms with E-state index in [1.807, 2.05) is 25.6 Å². The summed E-state index contributed by atoms with van der Waals surface area (Å²) < 4.78 is 5.46. The topological polar surface area (TPSA) is 67.7 Å². The Kier molecular flexibility index (Phi) is 3.93. The number of thioether (sulfide) groups is 1. The molecule has 0 aliphatic carbocycles. The molecule has 0 radical (unpaired) electrons. The molecule has 0 aromatic carbocycles. The molecular formula is C11H18N4OS. The number of hydrogen-bond acceptors (Lipinski definition) is 4. The summed E-state index contributed by atoms with van der Waals surface area (Å²) >= 11 is 1.95. The van der Waals surface area contributed by atoms with E-state index in [-0.39, 0.29) is 0 Å². The quantitative estimate of drug-likeness (QED) is 0.633. The van der Waals surface area contributed by atoms with Crippen LogP contribution >= 0.6 is 11.8 Å². The molecule has 0 amide bonds. The van der Waals surface area contributed by atoms with Crippen LogP contribution in [0, 0.1) is 13.8 Å².